The van der Waals surface area contributed by atoms with E-state index in [2.05, 4.69) is 17.6 Å². The summed E-state index contributed by atoms with van der Waals surface area (Å²) in [4.78, 5) is 24.2. The summed E-state index contributed by atoms with van der Waals surface area (Å²) in [6.45, 7) is 4.23. The van der Waals surface area contributed by atoms with E-state index in [0.717, 1.165) is 25.7 Å². The molecular formula is C23H32O6. The number of carbonyl (C=O) groups excluding carboxylic acids is 2. The lowest BCUT2D eigenvalue weighted by Gasteiger charge is -2.62. The first kappa shape index (κ1) is 20.7. The van der Waals surface area contributed by atoms with E-state index >= 15 is 0 Å². The number of ketones is 1. The van der Waals surface area contributed by atoms with Crippen molar-refractivity contribution in [2.24, 2.45) is 34.5 Å². The largest absolute Gasteiger partial charge is 0.508 e. The van der Waals surface area contributed by atoms with Crippen LogP contribution in [0.15, 0.2) is 0 Å². The van der Waals surface area contributed by atoms with Gasteiger partial charge in [0.2, 0.25) is 0 Å². The van der Waals surface area contributed by atoms with Gasteiger partial charge in [-0.15, -0.1) is 6.42 Å². The van der Waals surface area contributed by atoms with Crippen molar-refractivity contribution in [3.63, 3.8) is 0 Å². The molecule has 0 radical (unpaired) electrons. The van der Waals surface area contributed by atoms with Crippen LogP contribution >= 0.6 is 0 Å². The standard InChI is InChI=1S/C23H32O6/c1-5-23(27)18(25)12-16-19-15(7-9-22(16,23)3)21(2)8-6-14(29-20(26)28-4)10-13(21)11-17(19)24/h1,13-17,19,24,27H,6-12H2,2-4H3/t13-,14-,15?,16?,17-,19?,21-,22-,23-/m0/s1. The summed E-state index contributed by atoms with van der Waals surface area (Å²) in [7, 11) is 1.31. The van der Waals surface area contributed by atoms with Gasteiger partial charge in [0.1, 0.15) is 6.10 Å². The fourth-order valence-corrected chi connectivity index (χ4v) is 7.54. The molecule has 0 heterocycles. The second-order valence-corrected chi connectivity index (χ2v) is 10.2. The van der Waals surface area contributed by atoms with E-state index in [1.807, 2.05) is 6.92 Å². The topological polar surface area (TPSA) is 93.1 Å². The SMILES string of the molecule is C#C[C@]1(O)C(=O)CC2C3C(CC[C@@]21C)[C@@]1(C)CC[C@H](OC(=O)OC)C[C@H]1C[C@@H]3O. The zero-order valence-electron chi connectivity index (χ0n) is 17.5. The van der Waals surface area contributed by atoms with Gasteiger partial charge in [0.05, 0.1) is 13.2 Å². The first-order valence-electron chi connectivity index (χ1n) is 10.8. The molecule has 0 saturated heterocycles. The zero-order valence-corrected chi connectivity index (χ0v) is 17.5. The highest BCUT2D eigenvalue weighted by Gasteiger charge is 2.69. The minimum Gasteiger partial charge on any atom is -0.438 e. The Bertz CT molecular complexity index is 757. The van der Waals surface area contributed by atoms with Gasteiger partial charge in [0.25, 0.3) is 0 Å². The molecule has 4 aliphatic rings. The summed E-state index contributed by atoms with van der Waals surface area (Å²) in [6.07, 6.45) is 9.01. The number of aliphatic hydroxyl groups is 2. The second kappa shape index (κ2) is 6.72. The van der Waals surface area contributed by atoms with Crippen molar-refractivity contribution in [1.82, 2.24) is 0 Å². The number of hydrogen-bond donors (Lipinski definition) is 2. The Hall–Kier alpha value is -1.58. The first-order chi connectivity index (χ1) is 13.6. The fraction of sp³-hybridized carbons (Fsp3) is 0.826. The van der Waals surface area contributed by atoms with E-state index in [9.17, 15) is 19.8 Å². The van der Waals surface area contributed by atoms with E-state index in [4.69, 9.17) is 11.2 Å². The Labute approximate surface area is 172 Å². The maximum atomic E-state index is 12.7. The number of carbonyl (C=O) groups is 2. The lowest BCUT2D eigenvalue weighted by Crippen LogP contribution is -2.60. The number of Topliss-reactive ketones (excluding diaryl/α,β-unsaturated/α-hetero) is 1. The van der Waals surface area contributed by atoms with Gasteiger partial charge in [-0.3, -0.25) is 4.79 Å². The van der Waals surface area contributed by atoms with E-state index in [0.29, 0.717) is 12.8 Å². The Morgan fingerprint density at radius 1 is 1.21 bits per heavy atom. The first-order valence-corrected chi connectivity index (χ1v) is 10.8. The molecule has 0 aromatic heterocycles. The van der Waals surface area contributed by atoms with Gasteiger partial charge in [-0.25, -0.2) is 4.79 Å². The molecule has 2 N–H and O–H groups in total. The highest BCUT2D eigenvalue weighted by atomic mass is 16.7. The molecule has 0 aromatic carbocycles. The Kier molecular flexibility index (Phi) is 4.79. The third-order valence-electron chi connectivity index (χ3n) is 9.30. The average molecular weight is 405 g/mol. The molecule has 4 rings (SSSR count). The lowest BCUT2D eigenvalue weighted by atomic mass is 9.43. The molecule has 160 valence electrons. The summed E-state index contributed by atoms with van der Waals surface area (Å²) in [5.41, 5.74) is -2.40. The predicted molar refractivity (Wildman–Crippen MR) is 105 cm³/mol. The lowest BCUT2D eigenvalue weighted by molar-refractivity contribution is -0.185. The van der Waals surface area contributed by atoms with Crippen LogP contribution in [0.25, 0.3) is 0 Å². The number of rotatable bonds is 1. The third kappa shape index (κ3) is 2.70. The smallest absolute Gasteiger partial charge is 0.438 e. The van der Waals surface area contributed by atoms with Crippen LogP contribution in [-0.2, 0) is 14.3 Å². The number of hydrogen-bond acceptors (Lipinski definition) is 6. The molecule has 0 bridgehead atoms. The van der Waals surface area contributed by atoms with Crippen molar-refractivity contribution in [1.29, 1.82) is 0 Å². The van der Waals surface area contributed by atoms with Crippen molar-refractivity contribution in [3.05, 3.63) is 0 Å². The van der Waals surface area contributed by atoms with Crippen molar-refractivity contribution in [2.45, 2.75) is 76.6 Å². The van der Waals surface area contributed by atoms with E-state index in [1.165, 1.54) is 7.11 Å². The van der Waals surface area contributed by atoms with Crippen LogP contribution < -0.4 is 0 Å². The quantitative estimate of drug-likeness (QED) is 0.516. The Balaban J connectivity index is 1.61. The van der Waals surface area contributed by atoms with Gasteiger partial charge in [-0.05, 0) is 67.6 Å². The molecule has 0 spiro atoms. The fourth-order valence-electron chi connectivity index (χ4n) is 7.54. The molecule has 6 nitrogen and oxygen atoms in total. The van der Waals surface area contributed by atoms with Gasteiger partial charge in [0.15, 0.2) is 11.4 Å². The van der Waals surface area contributed by atoms with Crippen molar-refractivity contribution in [2.75, 3.05) is 7.11 Å². The zero-order chi connectivity index (χ0) is 21.2. The van der Waals surface area contributed by atoms with Crippen LogP contribution in [0.1, 0.15) is 58.8 Å². The molecule has 6 heteroatoms. The van der Waals surface area contributed by atoms with Gasteiger partial charge in [-0.2, -0.15) is 0 Å². The molecule has 29 heavy (non-hydrogen) atoms. The van der Waals surface area contributed by atoms with E-state index in [-0.39, 0.29) is 47.4 Å². The Morgan fingerprint density at radius 2 is 1.93 bits per heavy atom. The maximum absolute atomic E-state index is 12.7. The van der Waals surface area contributed by atoms with Crippen LogP contribution in [0.3, 0.4) is 0 Å². The molecule has 4 aliphatic carbocycles. The summed E-state index contributed by atoms with van der Waals surface area (Å²) >= 11 is 0. The third-order valence-corrected chi connectivity index (χ3v) is 9.30. The number of methoxy groups -OCH3 is 1. The summed E-state index contributed by atoms with van der Waals surface area (Å²) in [6, 6.07) is 0. The van der Waals surface area contributed by atoms with Crippen LogP contribution in [0.2, 0.25) is 0 Å². The van der Waals surface area contributed by atoms with Crippen molar-refractivity contribution >= 4 is 11.9 Å². The van der Waals surface area contributed by atoms with E-state index in [1.54, 1.807) is 0 Å². The van der Waals surface area contributed by atoms with Gasteiger partial charge < -0.3 is 19.7 Å². The predicted octanol–water partition coefficient (Wildman–Crippen LogP) is 2.69. The van der Waals surface area contributed by atoms with Gasteiger partial charge >= 0.3 is 6.16 Å². The maximum Gasteiger partial charge on any atom is 0.508 e. The molecule has 3 unspecified atom stereocenters. The van der Waals surface area contributed by atoms with E-state index < -0.39 is 23.3 Å². The minimum absolute atomic E-state index is 0.0150. The summed E-state index contributed by atoms with van der Waals surface area (Å²) in [5.74, 6) is 2.49. The van der Waals surface area contributed by atoms with Crippen LogP contribution in [0.5, 0.6) is 0 Å². The normalized spacial score (nSPS) is 51.2. The highest BCUT2D eigenvalue weighted by Crippen LogP contribution is 2.67. The average Bonchev–Trinajstić information content (AvgIpc) is 2.90. The minimum atomic E-state index is -1.73. The number of aliphatic hydroxyl groups excluding tert-OH is 1. The molecule has 4 fully saturated rings. The van der Waals surface area contributed by atoms with Gasteiger partial charge in [0, 0.05) is 11.8 Å². The molecule has 0 aliphatic heterocycles. The van der Waals surface area contributed by atoms with Gasteiger partial charge in [-0.1, -0.05) is 19.8 Å². The summed E-state index contributed by atoms with van der Waals surface area (Å²) < 4.78 is 10.0. The monoisotopic (exact) mass is 404 g/mol. The van der Waals surface area contributed by atoms with Crippen LogP contribution in [-0.4, -0.2) is 47.1 Å². The van der Waals surface area contributed by atoms with Crippen molar-refractivity contribution in [3.8, 4) is 12.3 Å². The molecule has 0 amide bonds. The molecular weight excluding hydrogens is 372 g/mol. The molecule has 9 atom stereocenters. The molecule has 4 saturated carbocycles. The van der Waals surface area contributed by atoms with Crippen LogP contribution in [0, 0.1) is 46.8 Å². The number of fused-ring (bicyclic) bond motifs is 5. The van der Waals surface area contributed by atoms with Crippen molar-refractivity contribution < 1.29 is 29.3 Å². The highest BCUT2D eigenvalue weighted by molar-refractivity contribution is 5.94. The molecule has 0 aromatic rings. The summed E-state index contributed by atoms with van der Waals surface area (Å²) in [5, 5.41) is 22.2. The number of ether oxygens (including phenoxy) is 2. The Morgan fingerprint density at radius 3 is 2.59 bits per heavy atom. The number of terminal acetylenes is 1. The van der Waals surface area contributed by atoms with Crippen LogP contribution in [0.4, 0.5) is 4.79 Å². The second-order valence-electron chi connectivity index (χ2n) is 10.2.